The Hall–Kier alpha value is -3.30. The van der Waals surface area contributed by atoms with Crippen LogP contribution < -0.4 is 5.14 Å². The molecule has 0 aliphatic heterocycles. The molecule has 0 atom stereocenters. The number of sulfonamides is 1. The third-order valence-electron chi connectivity index (χ3n) is 4.76. The molecule has 0 unspecified atom stereocenters. The summed E-state index contributed by atoms with van der Waals surface area (Å²) >= 11 is 0.812. The number of nitrogens with two attached hydrogens (primary N) is 1. The summed E-state index contributed by atoms with van der Waals surface area (Å²) in [5.74, 6) is -0.436. The Labute approximate surface area is 198 Å². The van der Waals surface area contributed by atoms with Crippen LogP contribution in [0.3, 0.4) is 0 Å². The number of thiophene rings is 1. The van der Waals surface area contributed by atoms with Crippen LogP contribution in [0, 0.1) is 6.92 Å². The number of imidazole rings is 1. The quantitative estimate of drug-likeness (QED) is 0.370. The number of alkyl halides is 6. The third-order valence-corrected chi connectivity index (χ3v) is 7.31. The second kappa shape index (κ2) is 8.42. The third kappa shape index (κ3) is 5.21. The lowest BCUT2D eigenvalue weighted by atomic mass is 10.0. The lowest BCUT2D eigenvalue weighted by molar-refractivity contribution is -0.141. The minimum absolute atomic E-state index is 0.0287. The van der Waals surface area contributed by atoms with Crippen molar-refractivity contribution in [3.8, 4) is 27.8 Å². The zero-order valence-corrected chi connectivity index (χ0v) is 19.0. The van der Waals surface area contributed by atoms with Gasteiger partial charge in [-0.3, -0.25) is 4.57 Å². The second-order valence-electron chi connectivity index (χ2n) is 7.29. The molecule has 15 heteroatoms. The van der Waals surface area contributed by atoms with Gasteiger partial charge in [0.25, 0.3) is 0 Å². The fraction of sp³-hybridized carbons (Fsp3) is 0.150. The first-order valence-electron chi connectivity index (χ1n) is 9.45. The summed E-state index contributed by atoms with van der Waals surface area (Å²) in [5.41, 5.74) is -2.41. The van der Waals surface area contributed by atoms with Crippen LogP contribution in [0.1, 0.15) is 16.8 Å². The molecule has 4 rings (SSSR count). The predicted octanol–water partition coefficient (Wildman–Crippen LogP) is 5.05. The van der Waals surface area contributed by atoms with Crippen molar-refractivity contribution in [2.45, 2.75) is 23.5 Å². The maximum atomic E-state index is 13.5. The van der Waals surface area contributed by atoms with E-state index in [4.69, 9.17) is 5.14 Å². The topological polar surface area (TPSA) is 104 Å². The van der Waals surface area contributed by atoms with Gasteiger partial charge >= 0.3 is 12.4 Å². The summed E-state index contributed by atoms with van der Waals surface area (Å²) < 4.78 is 104. The van der Waals surface area contributed by atoms with Crippen molar-refractivity contribution in [2.75, 3.05) is 0 Å². The number of hydrogen-bond acceptors (Lipinski definition) is 6. The van der Waals surface area contributed by atoms with Gasteiger partial charge in [0.05, 0.1) is 21.8 Å². The SMILES string of the molecule is Cc1cc(-c2cc(C(F)(F)F)nc(-n3cnc(-c4ccc(S(N)(=O)=O)s4)c3)n2)ccc1C(F)(F)F. The van der Waals surface area contributed by atoms with Gasteiger partial charge in [-0.15, -0.1) is 11.3 Å². The standard InChI is InChI=1S/C20H13F6N5O2S2/c1-10-6-11(2-3-12(10)19(21,22)23)13-7-16(20(24,25)26)30-18(29-13)31-8-14(28-9-31)15-4-5-17(34-15)35(27,32)33/h2-9H,1H3,(H2,27,32,33). The van der Waals surface area contributed by atoms with Gasteiger partial charge in [-0.05, 0) is 42.8 Å². The Kier molecular flexibility index (Phi) is 5.97. The van der Waals surface area contributed by atoms with Crippen LogP contribution >= 0.6 is 11.3 Å². The van der Waals surface area contributed by atoms with E-state index in [1.165, 1.54) is 25.3 Å². The van der Waals surface area contributed by atoms with Crippen molar-refractivity contribution in [1.82, 2.24) is 19.5 Å². The number of rotatable bonds is 4. The normalized spacial score (nSPS) is 12.8. The molecular formula is C20H13F6N5O2S2. The highest BCUT2D eigenvalue weighted by molar-refractivity contribution is 7.91. The van der Waals surface area contributed by atoms with Gasteiger partial charge in [0.15, 0.2) is 5.69 Å². The molecule has 2 N–H and O–H groups in total. The summed E-state index contributed by atoms with van der Waals surface area (Å²) in [7, 11) is -3.95. The van der Waals surface area contributed by atoms with Crippen LogP contribution in [-0.4, -0.2) is 27.9 Å². The average molecular weight is 533 g/mol. The summed E-state index contributed by atoms with van der Waals surface area (Å²) in [6, 6.07) is 6.23. The average Bonchev–Trinajstić information content (AvgIpc) is 3.41. The highest BCUT2D eigenvalue weighted by Gasteiger charge is 2.35. The number of halogens is 6. The van der Waals surface area contributed by atoms with E-state index in [1.807, 2.05) is 0 Å². The van der Waals surface area contributed by atoms with E-state index in [1.54, 1.807) is 0 Å². The van der Waals surface area contributed by atoms with Crippen molar-refractivity contribution in [1.29, 1.82) is 0 Å². The van der Waals surface area contributed by atoms with Crippen LogP contribution in [0.2, 0.25) is 0 Å². The molecular weight excluding hydrogens is 520 g/mol. The van der Waals surface area contributed by atoms with Crippen LogP contribution in [0.5, 0.6) is 0 Å². The Bertz CT molecular complexity index is 1520. The van der Waals surface area contributed by atoms with Gasteiger partial charge in [0.1, 0.15) is 10.5 Å². The highest BCUT2D eigenvalue weighted by atomic mass is 32.2. The molecule has 35 heavy (non-hydrogen) atoms. The maximum Gasteiger partial charge on any atom is 0.433 e. The Morgan fingerprint density at radius 2 is 1.66 bits per heavy atom. The van der Waals surface area contributed by atoms with E-state index in [2.05, 4.69) is 15.0 Å². The summed E-state index contributed by atoms with van der Waals surface area (Å²) in [6.07, 6.45) is -7.07. The van der Waals surface area contributed by atoms with E-state index in [-0.39, 0.29) is 26.7 Å². The van der Waals surface area contributed by atoms with E-state index in [0.717, 1.165) is 40.4 Å². The van der Waals surface area contributed by atoms with E-state index < -0.39 is 39.6 Å². The van der Waals surface area contributed by atoms with Gasteiger partial charge in [-0.1, -0.05) is 6.07 Å². The molecule has 0 amide bonds. The van der Waals surface area contributed by atoms with Crippen LogP contribution in [0.25, 0.3) is 27.8 Å². The number of benzene rings is 1. The highest BCUT2D eigenvalue weighted by Crippen LogP contribution is 2.36. The molecule has 1 aromatic carbocycles. The monoisotopic (exact) mass is 533 g/mol. The molecule has 0 saturated heterocycles. The van der Waals surface area contributed by atoms with Crippen molar-refractivity contribution >= 4 is 21.4 Å². The molecule has 184 valence electrons. The fourth-order valence-electron chi connectivity index (χ4n) is 3.15. The van der Waals surface area contributed by atoms with E-state index >= 15 is 0 Å². The molecule has 0 spiro atoms. The summed E-state index contributed by atoms with van der Waals surface area (Å²) in [4.78, 5) is 12.0. The molecule has 3 heterocycles. The molecule has 0 aliphatic rings. The van der Waals surface area contributed by atoms with Crippen molar-refractivity contribution in [2.24, 2.45) is 5.14 Å². The molecule has 0 bridgehead atoms. The van der Waals surface area contributed by atoms with Crippen molar-refractivity contribution < 1.29 is 34.8 Å². The number of aromatic nitrogens is 4. The second-order valence-corrected chi connectivity index (χ2v) is 10.2. The van der Waals surface area contributed by atoms with Gasteiger partial charge < -0.3 is 0 Å². The number of nitrogens with zero attached hydrogens (tertiary/aromatic N) is 4. The summed E-state index contributed by atoms with van der Waals surface area (Å²) in [6.45, 7) is 1.19. The lowest BCUT2D eigenvalue weighted by Crippen LogP contribution is -2.12. The predicted molar refractivity (Wildman–Crippen MR) is 114 cm³/mol. The fourth-order valence-corrected chi connectivity index (χ4v) is 4.84. The maximum absolute atomic E-state index is 13.5. The van der Waals surface area contributed by atoms with Crippen molar-refractivity contribution in [3.63, 3.8) is 0 Å². The smallest absolute Gasteiger partial charge is 0.274 e. The molecule has 0 saturated carbocycles. The Morgan fingerprint density at radius 3 is 2.23 bits per heavy atom. The lowest BCUT2D eigenvalue weighted by Gasteiger charge is -2.13. The molecule has 0 aliphatic carbocycles. The Balaban J connectivity index is 1.79. The van der Waals surface area contributed by atoms with Crippen LogP contribution in [0.4, 0.5) is 26.3 Å². The van der Waals surface area contributed by atoms with Crippen molar-refractivity contribution in [3.05, 3.63) is 65.7 Å². The molecule has 4 aromatic rings. The van der Waals surface area contributed by atoms with Crippen LogP contribution in [-0.2, 0) is 22.4 Å². The molecule has 0 radical (unpaired) electrons. The van der Waals surface area contributed by atoms with E-state index in [9.17, 15) is 34.8 Å². The number of aryl methyl sites for hydroxylation is 1. The van der Waals surface area contributed by atoms with Gasteiger partial charge in [-0.2, -0.15) is 26.3 Å². The number of hydrogen-bond donors (Lipinski definition) is 1. The number of primary sulfonamides is 1. The molecule has 0 fully saturated rings. The zero-order valence-electron chi connectivity index (χ0n) is 17.4. The van der Waals surface area contributed by atoms with Gasteiger partial charge in [0.2, 0.25) is 16.0 Å². The molecule has 7 nitrogen and oxygen atoms in total. The van der Waals surface area contributed by atoms with E-state index in [0.29, 0.717) is 10.9 Å². The van der Waals surface area contributed by atoms with Gasteiger partial charge in [-0.25, -0.2) is 28.5 Å². The molecule has 3 aromatic heterocycles. The minimum atomic E-state index is -4.87. The first-order valence-corrected chi connectivity index (χ1v) is 11.8. The zero-order chi connectivity index (χ0) is 25.8. The first kappa shape index (κ1) is 24.8. The largest absolute Gasteiger partial charge is 0.433 e. The van der Waals surface area contributed by atoms with Gasteiger partial charge in [0, 0.05) is 11.8 Å². The summed E-state index contributed by atoms with van der Waals surface area (Å²) in [5, 5.41) is 5.09. The minimum Gasteiger partial charge on any atom is -0.274 e. The Morgan fingerprint density at radius 1 is 0.943 bits per heavy atom. The van der Waals surface area contributed by atoms with Crippen LogP contribution in [0.15, 0.2) is 53.1 Å². The first-order chi connectivity index (χ1) is 16.1.